The summed E-state index contributed by atoms with van der Waals surface area (Å²) in [6, 6.07) is 7.21. The molecule has 1 aromatic heterocycles. The van der Waals surface area contributed by atoms with E-state index in [1.54, 1.807) is 28.8 Å². The Morgan fingerprint density at radius 1 is 1.16 bits per heavy atom. The Balaban J connectivity index is 1.66. The molecular formula is C22H30N4O5. The average Bonchev–Trinajstić information content (AvgIpc) is 3.01. The Morgan fingerprint density at radius 2 is 1.84 bits per heavy atom. The maximum atomic E-state index is 12.6. The van der Waals surface area contributed by atoms with E-state index in [2.05, 4.69) is 10.4 Å². The largest absolute Gasteiger partial charge is 0.490 e. The predicted molar refractivity (Wildman–Crippen MR) is 115 cm³/mol. The second kappa shape index (κ2) is 9.28. The minimum atomic E-state index is -0.571. The fourth-order valence-electron chi connectivity index (χ4n) is 3.30. The number of anilines is 1. The third kappa shape index (κ3) is 5.68. The highest BCUT2D eigenvalue weighted by Crippen LogP contribution is 2.28. The first-order chi connectivity index (χ1) is 14.7. The lowest BCUT2D eigenvalue weighted by Gasteiger charge is -2.29. The first kappa shape index (κ1) is 22.5. The van der Waals surface area contributed by atoms with Crippen LogP contribution in [0.5, 0.6) is 11.5 Å². The average molecular weight is 431 g/mol. The molecule has 0 spiro atoms. The number of benzene rings is 1. The maximum Gasteiger partial charge on any atom is 0.410 e. The Hall–Kier alpha value is -3.23. The summed E-state index contributed by atoms with van der Waals surface area (Å²) in [7, 11) is 1.76. The topological polar surface area (TPSA) is 94.9 Å². The number of hydrogen-bond donors (Lipinski definition) is 1. The zero-order valence-corrected chi connectivity index (χ0v) is 18.7. The van der Waals surface area contributed by atoms with E-state index in [0.29, 0.717) is 43.4 Å². The van der Waals surface area contributed by atoms with Gasteiger partial charge >= 0.3 is 6.09 Å². The molecule has 9 heteroatoms. The van der Waals surface area contributed by atoms with Crippen molar-refractivity contribution in [3.8, 4) is 11.5 Å². The Bertz CT molecular complexity index is 948. The summed E-state index contributed by atoms with van der Waals surface area (Å²) in [5, 5.41) is 7.36. The highest BCUT2D eigenvalue weighted by molar-refractivity contribution is 5.92. The standard InChI is InChI=1S/C22H30N4O5/c1-6-29-17-9-7-8-10-18(17)30-14-19(27)23-20-15-13-26(21(28)31-22(2,3)4)12-11-16(15)24-25(20)5/h7-10H,6,11-14H2,1-5H3,(H,23,27). The second-order valence-electron chi connectivity index (χ2n) is 8.27. The molecule has 1 aliphatic rings. The van der Waals surface area contributed by atoms with Gasteiger partial charge in [-0.2, -0.15) is 5.10 Å². The lowest BCUT2D eigenvalue weighted by molar-refractivity contribution is -0.118. The molecule has 0 saturated heterocycles. The van der Waals surface area contributed by atoms with Crippen LogP contribution in [0.3, 0.4) is 0 Å². The summed E-state index contributed by atoms with van der Waals surface area (Å²) < 4.78 is 18.3. The van der Waals surface area contributed by atoms with Crippen LogP contribution in [0.1, 0.15) is 39.0 Å². The van der Waals surface area contributed by atoms with Gasteiger partial charge in [0.15, 0.2) is 18.1 Å². The summed E-state index contributed by atoms with van der Waals surface area (Å²) in [5.74, 6) is 1.31. The van der Waals surface area contributed by atoms with E-state index in [1.807, 2.05) is 39.8 Å². The summed E-state index contributed by atoms with van der Waals surface area (Å²) >= 11 is 0. The normalized spacial score (nSPS) is 13.4. The van der Waals surface area contributed by atoms with Gasteiger partial charge < -0.3 is 24.4 Å². The second-order valence-corrected chi connectivity index (χ2v) is 8.27. The number of ether oxygens (including phenoxy) is 3. The molecule has 0 fully saturated rings. The first-order valence-corrected chi connectivity index (χ1v) is 10.3. The molecule has 31 heavy (non-hydrogen) atoms. The van der Waals surface area contributed by atoms with E-state index < -0.39 is 5.60 Å². The van der Waals surface area contributed by atoms with Gasteiger partial charge in [0.1, 0.15) is 11.4 Å². The lowest BCUT2D eigenvalue weighted by Crippen LogP contribution is -2.40. The zero-order chi connectivity index (χ0) is 22.6. The van der Waals surface area contributed by atoms with Crippen molar-refractivity contribution in [3.63, 3.8) is 0 Å². The van der Waals surface area contributed by atoms with Crippen molar-refractivity contribution in [2.75, 3.05) is 25.1 Å². The smallest absolute Gasteiger partial charge is 0.410 e. The number of carbonyl (C=O) groups excluding carboxylic acids is 2. The third-order valence-electron chi connectivity index (χ3n) is 4.61. The predicted octanol–water partition coefficient (Wildman–Crippen LogP) is 3.13. The first-order valence-electron chi connectivity index (χ1n) is 10.3. The quantitative estimate of drug-likeness (QED) is 0.757. The van der Waals surface area contributed by atoms with Crippen LogP contribution in [0.15, 0.2) is 24.3 Å². The van der Waals surface area contributed by atoms with Gasteiger partial charge in [-0.15, -0.1) is 0 Å². The van der Waals surface area contributed by atoms with E-state index in [1.165, 1.54) is 0 Å². The number of para-hydroxylation sites is 2. The molecule has 1 N–H and O–H groups in total. The number of amides is 2. The van der Waals surface area contributed by atoms with Crippen molar-refractivity contribution in [2.24, 2.45) is 7.05 Å². The number of aryl methyl sites for hydroxylation is 1. The Kier molecular flexibility index (Phi) is 6.72. The molecule has 2 aromatic rings. The fourth-order valence-corrected chi connectivity index (χ4v) is 3.30. The number of hydrogen-bond acceptors (Lipinski definition) is 6. The fraction of sp³-hybridized carbons (Fsp3) is 0.500. The highest BCUT2D eigenvalue weighted by Gasteiger charge is 2.30. The highest BCUT2D eigenvalue weighted by atomic mass is 16.6. The van der Waals surface area contributed by atoms with Crippen molar-refractivity contribution in [2.45, 2.75) is 46.3 Å². The van der Waals surface area contributed by atoms with Crippen LogP contribution in [-0.4, -0.2) is 52.0 Å². The number of carbonyl (C=O) groups is 2. The van der Waals surface area contributed by atoms with Crippen molar-refractivity contribution < 1.29 is 23.8 Å². The molecule has 2 heterocycles. The molecule has 0 saturated carbocycles. The lowest BCUT2D eigenvalue weighted by atomic mass is 10.1. The van der Waals surface area contributed by atoms with Crippen LogP contribution in [0.2, 0.25) is 0 Å². The molecule has 0 aliphatic carbocycles. The van der Waals surface area contributed by atoms with Crippen molar-refractivity contribution in [1.29, 1.82) is 0 Å². The van der Waals surface area contributed by atoms with Crippen molar-refractivity contribution in [1.82, 2.24) is 14.7 Å². The monoisotopic (exact) mass is 430 g/mol. The van der Waals surface area contributed by atoms with Crippen LogP contribution >= 0.6 is 0 Å². The molecule has 1 aliphatic heterocycles. The number of fused-ring (bicyclic) bond motifs is 1. The zero-order valence-electron chi connectivity index (χ0n) is 18.7. The molecule has 0 unspecified atom stereocenters. The Labute approximate surface area is 182 Å². The molecule has 9 nitrogen and oxygen atoms in total. The van der Waals surface area contributed by atoms with Gasteiger partial charge in [-0.1, -0.05) is 12.1 Å². The van der Waals surface area contributed by atoms with E-state index in [9.17, 15) is 9.59 Å². The van der Waals surface area contributed by atoms with Gasteiger partial charge in [-0.25, -0.2) is 4.79 Å². The maximum absolute atomic E-state index is 12.6. The molecular weight excluding hydrogens is 400 g/mol. The van der Waals surface area contributed by atoms with Gasteiger partial charge in [-0.05, 0) is 39.8 Å². The molecule has 0 atom stereocenters. The van der Waals surface area contributed by atoms with Gasteiger partial charge in [0.05, 0.1) is 18.8 Å². The third-order valence-corrected chi connectivity index (χ3v) is 4.61. The van der Waals surface area contributed by atoms with Crippen LogP contribution < -0.4 is 14.8 Å². The number of nitrogens with one attached hydrogen (secondary N) is 1. The van der Waals surface area contributed by atoms with E-state index in [-0.39, 0.29) is 18.6 Å². The van der Waals surface area contributed by atoms with Crippen molar-refractivity contribution >= 4 is 17.8 Å². The van der Waals surface area contributed by atoms with Gasteiger partial charge in [0.2, 0.25) is 0 Å². The number of nitrogens with zero attached hydrogens (tertiary/aromatic N) is 3. The van der Waals surface area contributed by atoms with Crippen LogP contribution in [0, 0.1) is 0 Å². The molecule has 0 radical (unpaired) electrons. The van der Waals surface area contributed by atoms with Crippen LogP contribution in [0.4, 0.5) is 10.6 Å². The summed E-state index contributed by atoms with van der Waals surface area (Å²) in [6.45, 7) is 8.54. The van der Waals surface area contributed by atoms with E-state index in [0.717, 1.165) is 11.3 Å². The SMILES string of the molecule is CCOc1ccccc1OCC(=O)Nc1c2c(nn1C)CCN(C(=O)OC(C)(C)C)C2. The summed E-state index contributed by atoms with van der Waals surface area (Å²) in [5.41, 5.74) is 1.10. The summed E-state index contributed by atoms with van der Waals surface area (Å²) in [4.78, 5) is 26.7. The van der Waals surface area contributed by atoms with E-state index in [4.69, 9.17) is 14.2 Å². The van der Waals surface area contributed by atoms with Crippen LogP contribution in [-0.2, 0) is 29.5 Å². The molecule has 1 aromatic carbocycles. The molecule has 2 amide bonds. The van der Waals surface area contributed by atoms with Gasteiger partial charge in [-0.3, -0.25) is 9.48 Å². The van der Waals surface area contributed by atoms with Gasteiger partial charge in [0.25, 0.3) is 5.91 Å². The number of aromatic nitrogens is 2. The molecule has 168 valence electrons. The van der Waals surface area contributed by atoms with Crippen LogP contribution in [0.25, 0.3) is 0 Å². The molecule has 0 bridgehead atoms. The minimum absolute atomic E-state index is 0.181. The van der Waals surface area contributed by atoms with Gasteiger partial charge in [0, 0.05) is 25.6 Å². The molecule has 3 rings (SSSR count). The number of rotatable bonds is 6. The van der Waals surface area contributed by atoms with E-state index >= 15 is 0 Å². The van der Waals surface area contributed by atoms with Crippen molar-refractivity contribution in [3.05, 3.63) is 35.5 Å². The Morgan fingerprint density at radius 3 is 2.48 bits per heavy atom. The minimum Gasteiger partial charge on any atom is -0.490 e. The summed E-state index contributed by atoms with van der Waals surface area (Å²) in [6.07, 6.45) is 0.214.